The summed E-state index contributed by atoms with van der Waals surface area (Å²) in [6.45, 7) is 0. The molecule has 5 N–H and O–H groups in total. The summed E-state index contributed by atoms with van der Waals surface area (Å²) in [5.41, 5.74) is 2.35. The maximum atomic E-state index is 11.4. The van der Waals surface area contributed by atoms with Crippen molar-refractivity contribution in [1.29, 1.82) is 0 Å². The van der Waals surface area contributed by atoms with Crippen LogP contribution in [0, 0.1) is 0 Å². The fourth-order valence-electron chi connectivity index (χ4n) is 4.50. The van der Waals surface area contributed by atoms with Crippen LogP contribution >= 0.6 is 0 Å². The van der Waals surface area contributed by atoms with Crippen molar-refractivity contribution in [2.24, 2.45) is 0 Å². The highest BCUT2D eigenvalue weighted by molar-refractivity contribution is 7.83. The monoisotopic (exact) mass is 465 g/mol. The van der Waals surface area contributed by atoms with Crippen LogP contribution in [0.25, 0.3) is 0 Å². The number of aromatic nitrogens is 2. The molecule has 0 radical (unpaired) electrons. The molecule has 6 atom stereocenters. The van der Waals surface area contributed by atoms with Gasteiger partial charge in [0.25, 0.3) is 0 Å². The van der Waals surface area contributed by atoms with E-state index in [1.54, 1.807) is 13.2 Å². The van der Waals surface area contributed by atoms with Crippen molar-refractivity contribution >= 4 is 21.9 Å². The van der Waals surface area contributed by atoms with Crippen molar-refractivity contribution in [3.05, 3.63) is 47.8 Å². The Bertz CT molecular complexity index is 1070. The first kappa shape index (κ1) is 22.8. The van der Waals surface area contributed by atoms with Crippen LogP contribution < -0.4 is 10.6 Å². The first-order valence-corrected chi connectivity index (χ1v) is 11.6. The third kappa shape index (κ3) is 4.42. The molecule has 2 aliphatic carbocycles. The molecule has 32 heavy (non-hydrogen) atoms. The van der Waals surface area contributed by atoms with Crippen LogP contribution in [-0.4, -0.2) is 82.0 Å². The number of hydrogen-bond acceptors (Lipinski definition) is 9. The number of nitrogens with one attached hydrogen (secondary N) is 2. The molecule has 174 valence electrons. The molecule has 0 bridgehead atoms. The highest BCUT2D eigenvalue weighted by Crippen LogP contribution is 2.35. The van der Waals surface area contributed by atoms with Crippen LogP contribution in [0.2, 0.25) is 0 Å². The molecule has 0 unspecified atom stereocenters. The van der Waals surface area contributed by atoms with E-state index in [1.807, 2.05) is 12.1 Å². The standard InChI is InChI=1S/C20H27N5O6S/c1-25(32(28,29)30)14-8-13(19(26)20(14)27)23-16-9-17(22-10-21-16)24-18-12-6-4-3-5-11(12)7-15(18)31-2/h3-6,9-10,13-15,18-20,26-27H,7-8H2,1-2H3,(H,28,29,30)(H2,21,22,23,24)/t13-,14-,15+,18-,19+,20-/m1/s1. The van der Waals surface area contributed by atoms with Gasteiger partial charge in [-0.05, 0) is 17.5 Å². The van der Waals surface area contributed by atoms with Crippen molar-refractivity contribution in [3.8, 4) is 0 Å². The zero-order valence-electron chi connectivity index (χ0n) is 17.7. The fourth-order valence-corrected chi connectivity index (χ4v) is 5.05. The number of benzene rings is 1. The van der Waals surface area contributed by atoms with Crippen LogP contribution in [0.15, 0.2) is 36.7 Å². The number of hydrogen-bond donors (Lipinski definition) is 5. The molecule has 1 aromatic carbocycles. The number of rotatable bonds is 7. The third-order valence-electron chi connectivity index (χ3n) is 6.27. The normalized spacial score (nSPS) is 29.8. The number of methoxy groups -OCH3 is 1. The summed E-state index contributed by atoms with van der Waals surface area (Å²) < 4.78 is 38.4. The molecule has 0 amide bonds. The summed E-state index contributed by atoms with van der Waals surface area (Å²) in [6.07, 6.45) is -0.441. The fraction of sp³-hybridized carbons (Fsp3) is 0.500. The van der Waals surface area contributed by atoms with Crippen molar-refractivity contribution in [1.82, 2.24) is 14.3 Å². The summed E-state index contributed by atoms with van der Waals surface area (Å²) >= 11 is 0. The summed E-state index contributed by atoms with van der Waals surface area (Å²) in [7, 11) is -1.68. The second-order valence-electron chi connectivity index (χ2n) is 8.12. The topological polar surface area (TPSA) is 157 Å². The first-order valence-electron chi connectivity index (χ1n) is 10.2. The molecular weight excluding hydrogens is 438 g/mol. The Morgan fingerprint density at radius 1 is 1.12 bits per heavy atom. The van der Waals surface area contributed by atoms with E-state index in [-0.39, 0.29) is 18.6 Å². The van der Waals surface area contributed by atoms with E-state index in [2.05, 4.69) is 32.7 Å². The van der Waals surface area contributed by atoms with Gasteiger partial charge in [-0.3, -0.25) is 4.55 Å². The van der Waals surface area contributed by atoms with Gasteiger partial charge < -0.3 is 25.6 Å². The van der Waals surface area contributed by atoms with E-state index in [1.165, 1.54) is 11.9 Å². The number of aliphatic hydroxyl groups is 2. The van der Waals surface area contributed by atoms with Crippen LogP contribution in [0.1, 0.15) is 23.6 Å². The molecule has 1 aromatic heterocycles. The van der Waals surface area contributed by atoms with Gasteiger partial charge in [0.05, 0.1) is 30.3 Å². The van der Waals surface area contributed by atoms with Gasteiger partial charge >= 0.3 is 10.3 Å². The third-order valence-corrected chi connectivity index (χ3v) is 7.27. The first-order chi connectivity index (χ1) is 15.2. The van der Waals surface area contributed by atoms with Crippen LogP contribution in [-0.2, 0) is 21.5 Å². The van der Waals surface area contributed by atoms with E-state index >= 15 is 0 Å². The van der Waals surface area contributed by atoms with Gasteiger partial charge in [0.15, 0.2) is 0 Å². The Labute approximate surface area is 186 Å². The van der Waals surface area contributed by atoms with Gasteiger partial charge in [0.1, 0.15) is 24.1 Å². The second kappa shape index (κ2) is 8.89. The summed E-state index contributed by atoms with van der Waals surface area (Å²) in [5, 5.41) is 27.1. The van der Waals surface area contributed by atoms with Crippen molar-refractivity contribution in [2.75, 3.05) is 24.8 Å². The molecule has 2 aliphatic rings. The molecule has 0 aliphatic heterocycles. The minimum atomic E-state index is -4.50. The van der Waals surface area contributed by atoms with Crippen LogP contribution in [0.4, 0.5) is 11.6 Å². The zero-order chi connectivity index (χ0) is 23.0. The molecule has 1 fully saturated rings. The smallest absolute Gasteiger partial charge is 0.335 e. The number of fused-ring (bicyclic) bond motifs is 1. The number of anilines is 2. The van der Waals surface area contributed by atoms with Gasteiger partial charge in [0.2, 0.25) is 0 Å². The molecule has 1 heterocycles. The molecule has 11 nitrogen and oxygen atoms in total. The number of nitrogens with zero attached hydrogens (tertiary/aromatic N) is 3. The summed E-state index contributed by atoms with van der Waals surface area (Å²) in [6, 6.07) is 8.02. The maximum absolute atomic E-state index is 11.4. The average molecular weight is 466 g/mol. The molecule has 1 saturated carbocycles. The van der Waals surface area contributed by atoms with Gasteiger partial charge in [-0.1, -0.05) is 24.3 Å². The SMILES string of the molecule is CO[C@H]1Cc2ccccc2[C@H]1Nc1cc(N[C@@H]2C[C@@H](N(C)S(=O)(=O)O)[C@@H](O)[C@H]2O)ncn1. The van der Waals surface area contributed by atoms with Gasteiger partial charge in [-0.15, -0.1) is 0 Å². The maximum Gasteiger partial charge on any atom is 0.335 e. The Morgan fingerprint density at radius 3 is 2.50 bits per heavy atom. The Kier molecular flexibility index (Phi) is 6.34. The highest BCUT2D eigenvalue weighted by atomic mass is 32.2. The molecule has 0 spiro atoms. The Hall–Kier alpha value is -2.35. The minimum Gasteiger partial charge on any atom is -0.389 e. The Balaban J connectivity index is 1.48. The highest BCUT2D eigenvalue weighted by Gasteiger charge is 2.46. The zero-order valence-corrected chi connectivity index (χ0v) is 18.5. The summed E-state index contributed by atoms with van der Waals surface area (Å²) in [4.78, 5) is 8.45. The van der Waals surface area contributed by atoms with Crippen molar-refractivity contribution in [3.63, 3.8) is 0 Å². The molecule has 2 aromatic rings. The average Bonchev–Trinajstić information content (AvgIpc) is 3.25. The Morgan fingerprint density at radius 2 is 1.81 bits per heavy atom. The van der Waals surface area contributed by atoms with E-state index in [9.17, 15) is 23.2 Å². The van der Waals surface area contributed by atoms with E-state index < -0.39 is 34.6 Å². The summed E-state index contributed by atoms with van der Waals surface area (Å²) in [5.74, 6) is 0.944. The largest absolute Gasteiger partial charge is 0.389 e. The van der Waals surface area contributed by atoms with Gasteiger partial charge in [-0.25, -0.2) is 9.97 Å². The van der Waals surface area contributed by atoms with Gasteiger partial charge in [-0.2, -0.15) is 12.7 Å². The van der Waals surface area contributed by atoms with E-state index in [0.717, 1.165) is 19.0 Å². The molecule has 0 saturated heterocycles. The van der Waals surface area contributed by atoms with E-state index in [4.69, 9.17) is 4.74 Å². The van der Waals surface area contributed by atoms with E-state index in [0.29, 0.717) is 15.9 Å². The lowest BCUT2D eigenvalue weighted by Crippen LogP contribution is -2.44. The second-order valence-corrected chi connectivity index (χ2v) is 9.59. The molecular formula is C20H27N5O6S. The molecule has 12 heteroatoms. The lowest BCUT2D eigenvalue weighted by molar-refractivity contribution is 0.0154. The predicted octanol–water partition coefficient (Wildman–Crippen LogP) is 0.210. The molecule has 4 rings (SSSR count). The van der Waals surface area contributed by atoms with Crippen molar-refractivity contribution in [2.45, 2.75) is 49.3 Å². The lowest BCUT2D eigenvalue weighted by atomic mass is 10.1. The number of likely N-dealkylation sites (N-methyl/N-ethyl adjacent to an activating group) is 1. The van der Waals surface area contributed by atoms with Crippen LogP contribution in [0.5, 0.6) is 0 Å². The van der Waals surface area contributed by atoms with Gasteiger partial charge in [0, 0.05) is 26.6 Å². The van der Waals surface area contributed by atoms with Crippen molar-refractivity contribution < 1.29 is 27.9 Å². The quantitative estimate of drug-likeness (QED) is 0.358. The number of ether oxygens (including phenoxy) is 1. The predicted molar refractivity (Wildman–Crippen MR) is 116 cm³/mol. The van der Waals surface area contributed by atoms with Crippen LogP contribution in [0.3, 0.4) is 0 Å². The minimum absolute atomic E-state index is 0.0534. The number of aliphatic hydroxyl groups excluding tert-OH is 2. The lowest BCUT2D eigenvalue weighted by Gasteiger charge is -2.23.